The van der Waals surface area contributed by atoms with Crippen molar-refractivity contribution in [1.29, 1.82) is 0 Å². The number of carbonyl (C=O) groups excluding carboxylic acids is 1. The standard InChI is InChI=1S/C14H24N2O2S/c1-10(2)12(17)14(3,4)9-16-13(18)15-7-11-5-6-19-8-11/h5-6,8,10,12,17H,7,9H2,1-4H3,(H2,15,16,18)/t12-/m0/s1. The number of hydrogen-bond acceptors (Lipinski definition) is 3. The van der Waals surface area contributed by atoms with Crippen molar-refractivity contribution in [3.8, 4) is 0 Å². The van der Waals surface area contributed by atoms with Gasteiger partial charge in [-0.25, -0.2) is 4.79 Å². The number of carbonyl (C=O) groups is 1. The molecule has 5 heteroatoms. The minimum atomic E-state index is -0.440. The largest absolute Gasteiger partial charge is 0.392 e. The highest BCUT2D eigenvalue weighted by Gasteiger charge is 2.30. The first-order valence-corrected chi connectivity index (χ1v) is 7.48. The van der Waals surface area contributed by atoms with Crippen LogP contribution in [0.25, 0.3) is 0 Å². The van der Waals surface area contributed by atoms with E-state index < -0.39 is 6.10 Å². The fourth-order valence-corrected chi connectivity index (χ4v) is 2.62. The van der Waals surface area contributed by atoms with E-state index in [4.69, 9.17) is 0 Å². The lowest BCUT2D eigenvalue weighted by Crippen LogP contribution is -2.46. The molecule has 0 saturated heterocycles. The average molecular weight is 284 g/mol. The van der Waals surface area contributed by atoms with Gasteiger partial charge in [-0.1, -0.05) is 27.7 Å². The van der Waals surface area contributed by atoms with Gasteiger partial charge in [-0.2, -0.15) is 11.3 Å². The van der Waals surface area contributed by atoms with Gasteiger partial charge >= 0.3 is 6.03 Å². The van der Waals surface area contributed by atoms with E-state index in [0.717, 1.165) is 5.56 Å². The smallest absolute Gasteiger partial charge is 0.315 e. The van der Waals surface area contributed by atoms with Crippen molar-refractivity contribution in [3.05, 3.63) is 22.4 Å². The molecule has 108 valence electrons. The van der Waals surface area contributed by atoms with Crippen molar-refractivity contribution in [2.24, 2.45) is 11.3 Å². The number of aliphatic hydroxyl groups excluding tert-OH is 1. The van der Waals surface area contributed by atoms with Gasteiger partial charge in [0.05, 0.1) is 6.10 Å². The summed E-state index contributed by atoms with van der Waals surface area (Å²) in [4.78, 5) is 11.7. The first-order chi connectivity index (χ1) is 8.83. The Kier molecular flexibility index (Phi) is 5.82. The van der Waals surface area contributed by atoms with Crippen LogP contribution in [0.3, 0.4) is 0 Å². The lowest BCUT2D eigenvalue weighted by atomic mass is 9.81. The van der Waals surface area contributed by atoms with Gasteiger partial charge in [0.2, 0.25) is 0 Å². The second-order valence-corrected chi connectivity index (χ2v) is 6.63. The summed E-state index contributed by atoms with van der Waals surface area (Å²) in [5.74, 6) is 0.172. The summed E-state index contributed by atoms with van der Waals surface area (Å²) in [6.07, 6.45) is -0.440. The zero-order chi connectivity index (χ0) is 14.5. The van der Waals surface area contributed by atoms with E-state index in [1.54, 1.807) is 11.3 Å². The van der Waals surface area contributed by atoms with Crippen LogP contribution in [-0.4, -0.2) is 23.8 Å². The minimum absolute atomic E-state index is 0.172. The van der Waals surface area contributed by atoms with Crippen LogP contribution in [0.2, 0.25) is 0 Å². The van der Waals surface area contributed by atoms with Crippen LogP contribution >= 0.6 is 11.3 Å². The Balaban J connectivity index is 2.33. The molecule has 1 heterocycles. The molecule has 0 aliphatic heterocycles. The van der Waals surface area contributed by atoms with Gasteiger partial charge < -0.3 is 15.7 Å². The Morgan fingerprint density at radius 2 is 2.11 bits per heavy atom. The summed E-state index contributed by atoms with van der Waals surface area (Å²) in [6.45, 7) is 8.84. The molecular weight excluding hydrogens is 260 g/mol. The molecule has 1 rings (SSSR count). The minimum Gasteiger partial charge on any atom is -0.392 e. The molecule has 3 N–H and O–H groups in total. The van der Waals surface area contributed by atoms with Crippen molar-refractivity contribution >= 4 is 17.4 Å². The van der Waals surface area contributed by atoms with Crippen LogP contribution in [0.1, 0.15) is 33.3 Å². The van der Waals surface area contributed by atoms with Crippen molar-refractivity contribution in [1.82, 2.24) is 10.6 Å². The third-order valence-corrected chi connectivity index (χ3v) is 3.90. The quantitative estimate of drug-likeness (QED) is 0.752. The van der Waals surface area contributed by atoms with E-state index >= 15 is 0 Å². The summed E-state index contributed by atoms with van der Waals surface area (Å²) in [5, 5.41) is 19.7. The van der Waals surface area contributed by atoms with Gasteiger partial charge in [0.15, 0.2) is 0 Å². The highest BCUT2D eigenvalue weighted by molar-refractivity contribution is 7.07. The molecule has 0 spiro atoms. The maximum Gasteiger partial charge on any atom is 0.315 e. The highest BCUT2D eigenvalue weighted by Crippen LogP contribution is 2.24. The lowest BCUT2D eigenvalue weighted by Gasteiger charge is -2.33. The van der Waals surface area contributed by atoms with E-state index in [2.05, 4.69) is 10.6 Å². The summed E-state index contributed by atoms with van der Waals surface area (Å²) in [7, 11) is 0. The van der Waals surface area contributed by atoms with Crippen LogP contribution in [-0.2, 0) is 6.54 Å². The van der Waals surface area contributed by atoms with Crippen LogP contribution in [0, 0.1) is 11.3 Å². The normalized spacial score (nSPS) is 13.4. The molecule has 0 aromatic carbocycles. The second kappa shape index (κ2) is 6.91. The number of nitrogens with one attached hydrogen (secondary N) is 2. The monoisotopic (exact) mass is 284 g/mol. The average Bonchev–Trinajstić information content (AvgIpc) is 2.86. The molecule has 19 heavy (non-hydrogen) atoms. The SMILES string of the molecule is CC(C)[C@H](O)C(C)(C)CNC(=O)NCc1ccsc1. The number of thiophene rings is 1. The highest BCUT2D eigenvalue weighted by atomic mass is 32.1. The number of hydrogen-bond donors (Lipinski definition) is 3. The van der Waals surface area contributed by atoms with Gasteiger partial charge in [-0.15, -0.1) is 0 Å². The van der Waals surface area contributed by atoms with Crippen LogP contribution in [0.4, 0.5) is 4.79 Å². The lowest BCUT2D eigenvalue weighted by molar-refractivity contribution is 0.0151. The Morgan fingerprint density at radius 3 is 2.63 bits per heavy atom. The summed E-state index contributed by atoms with van der Waals surface area (Å²) in [5.41, 5.74) is 0.759. The fraction of sp³-hybridized carbons (Fsp3) is 0.643. The summed E-state index contributed by atoms with van der Waals surface area (Å²) >= 11 is 1.61. The molecule has 0 unspecified atom stereocenters. The first kappa shape index (κ1) is 16.0. The predicted molar refractivity (Wildman–Crippen MR) is 79.2 cm³/mol. The van der Waals surface area contributed by atoms with Crippen LogP contribution in [0.5, 0.6) is 0 Å². The van der Waals surface area contributed by atoms with Gasteiger partial charge in [0.25, 0.3) is 0 Å². The molecule has 1 aromatic heterocycles. The third kappa shape index (κ3) is 5.20. The van der Waals surface area contributed by atoms with Crippen molar-refractivity contribution < 1.29 is 9.90 Å². The molecule has 0 bridgehead atoms. The molecule has 1 atom stereocenters. The molecule has 0 fully saturated rings. The Bertz CT molecular complexity index is 388. The Labute approximate surface area is 119 Å². The van der Waals surface area contributed by atoms with E-state index in [0.29, 0.717) is 13.1 Å². The molecule has 1 aromatic rings. The van der Waals surface area contributed by atoms with Crippen LogP contribution in [0.15, 0.2) is 16.8 Å². The molecule has 2 amide bonds. The van der Waals surface area contributed by atoms with Crippen molar-refractivity contribution in [3.63, 3.8) is 0 Å². The maximum atomic E-state index is 11.7. The summed E-state index contributed by atoms with van der Waals surface area (Å²) < 4.78 is 0. The van der Waals surface area contributed by atoms with Gasteiger partial charge in [-0.3, -0.25) is 0 Å². The predicted octanol–water partition coefficient (Wildman–Crippen LogP) is 2.59. The number of amides is 2. The Morgan fingerprint density at radius 1 is 1.42 bits per heavy atom. The first-order valence-electron chi connectivity index (χ1n) is 6.54. The van der Waals surface area contributed by atoms with Crippen molar-refractivity contribution in [2.45, 2.75) is 40.3 Å². The molecule has 0 aliphatic carbocycles. The number of urea groups is 1. The zero-order valence-electron chi connectivity index (χ0n) is 12.1. The molecule has 4 nitrogen and oxygen atoms in total. The number of rotatable bonds is 6. The van der Waals surface area contributed by atoms with Gasteiger partial charge in [0.1, 0.15) is 0 Å². The third-order valence-electron chi connectivity index (χ3n) is 3.17. The Hall–Kier alpha value is -1.07. The summed E-state index contributed by atoms with van der Waals surface area (Å²) in [6, 6.07) is 1.78. The second-order valence-electron chi connectivity index (χ2n) is 5.85. The molecule has 0 aliphatic rings. The topological polar surface area (TPSA) is 61.4 Å². The van der Waals surface area contributed by atoms with Gasteiger partial charge in [-0.05, 0) is 28.3 Å². The van der Waals surface area contributed by atoms with E-state index in [-0.39, 0.29) is 17.4 Å². The zero-order valence-corrected chi connectivity index (χ0v) is 12.9. The van der Waals surface area contributed by atoms with Crippen molar-refractivity contribution in [2.75, 3.05) is 6.54 Å². The fourth-order valence-electron chi connectivity index (χ4n) is 1.95. The number of aliphatic hydroxyl groups is 1. The van der Waals surface area contributed by atoms with Gasteiger partial charge in [0, 0.05) is 18.5 Å². The van der Waals surface area contributed by atoms with Crippen LogP contribution < -0.4 is 10.6 Å². The maximum absolute atomic E-state index is 11.7. The van der Waals surface area contributed by atoms with E-state index in [1.807, 2.05) is 44.5 Å². The molecule has 0 saturated carbocycles. The van der Waals surface area contributed by atoms with E-state index in [1.165, 1.54) is 0 Å². The molecular formula is C14H24N2O2S. The van der Waals surface area contributed by atoms with E-state index in [9.17, 15) is 9.90 Å². The molecule has 0 radical (unpaired) electrons.